The number of nitrogens with two attached hydrogens (primary N) is 4. The Hall–Kier alpha value is -7.16. The van der Waals surface area contributed by atoms with Crippen LogP contribution in [0.15, 0.2) is 48.5 Å². The van der Waals surface area contributed by atoms with Gasteiger partial charge in [-0.2, -0.15) is 0 Å². The fourth-order valence-corrected chi connectivity index (χ4v) is 12.4. The van der Waals surface area contributed by atoms with Gasteiger partial charge < -0.3 is 79.8 Å². The molecule has 672 valence electrons. The van der Waals surface area contributed by atoms with E-state index in [-0.39, 0.29) is 81.4 Å². The van der Waals surface area contributed by atoms with Crippen LogP contribution in [0, 0.1) is 70.7 Å². The molecule has 4 aromatic carbocycles. The summed E-state index contributed by atoms with van der Waals surface area (Å²) >= 11 is 0. The standard InChI is InChI=1S/4C24H38N2O4/c4*1-14(2)9-17-13-26-8-7-16-10-21(28-5)22(29-6)11-18(16)19(26)12-20(17)30-24(27)23(25)15(3)4/h4*10-11,14-15,17,19-20,23H,7-9,12-13,25H2,1-6H3/t4*17?,19?,20?,23-/m0000/s1/i1D3,3D3,4D3,9D2,12D2,13D2,14D,15D,17D,19D,20D,23D;2*1D3,3D3,4D3,5D3,9D2,12D2,13D2,14D,15D,17D,19D,23D;1D3,3D3,4D3,9D2,12D2,13D2,14D,15D,17D,19D,23D/t4*14?,17?,19?,20?,23-. The van der Waals surface area contributed by atoms with Crippen molar-refractivity contribution in [2.75, 3.05) is 109 Å². The molecule has 0 radical (unpaired) electrons. The Morgan fingerprint density at radius 3 is 0.850 bits per heavy atom. The Bertz CT molecular complexity index is 7800. The van der Waals surface area contributed by atoms with Crippen molar-refractivity contribution < 1.29 is 195 Å². The van der Waals surface area contributed by atoms with E-state index in [1.54, 1.807) is 0 Å². The van der Waals surface area contributed by atoms with Crippen LogP contribution in [0.4, 0.5) is 0 Å². The second-order valence-electron chi connectivity index (χ2n) is 26.1. The number of methoxy groups -OCH3 is 8. The molecule has 0 spiro atoms. The van der Waals surface area contributed by atoms with E-state index in [4.69, 9.17) is 165 Å². The van der Waals surface area contributed by atoms with Crippen LogP contribution < -0.4 is 60.8 Å². The van der Waals surface area contributed by atoms with E-state index in [0.717, 1.165) is 57.7 Å². The Balaban J connectivity index is 0.000000298. The van der Waals surface area contributed by atoms with Crippen molar-refractivity contribution >= 4 is 23.9 Å². The molecule has 8 N–H and O–H groups in total. The number of ether oxygens (including phenoxy) is 12. The molecule has 0 bridgehead atoms. The third-order valence-electron chi connectivity index (χ3n) is 17.9. The van der Waals surface area contributed by atoms with E-state index in [1.165, 1.54) is 33.5 Å². The number of carbonyl (C=O) groups excluding carboxylic acids is 4. The lowest BCUT2D eigenvalue weighted by molar-refractivity contribution is -0.161. The molecule has 8 heterocycles. The number of rotatable bonds is 28. The number of esters is 4. The van der Waals surface area contributed by atoms with E-state index < -0.39 is 406 Å². The first-order valence-electron chi connectivity index (χ1n) is 79.0. The van der Waals surface area contributed by atoms with Gasteiger partial charge in [-0.1, -0.05) is 110 Å². The monoisotopic (exact) mass is 1760 g/mol. The van der Waals surface area contributed by atoms with Crippen molar-refractivity contribution in [3.63, 3.8) is 0 Å². The third kappa shape index (κ3) is 23.8. The second kappa shape index (κ2) is 43.9. The summed E-state index contributed by atoms with van der Waals surface area (Å²) < 4.78 is 791. The van der Waals surface area contributed by atoms with E-state index in [9.17, 15) is 53.4 Å². The molecule has 0 aromatic heterocycles. The van der Waals surface area contributed by atoms with Crippen LogP contribution in [-0.4, -0.2) is 201 Å². The molecule has 20 atom stereocenters. The van der Waals surface area contributed by atoms with Crippen molar-refractivity contribution in [3.05, 3.63) is 93.0 Å². The summed E-state index contributed by atoms with van der Waals surface area (Å²) in [6.45, 7) is -64.6. The first kappa shape index (κ1) is 32.7. The third-order valence-corrected chi connectivity index (χ3v) is 17.9. The van der Waals surface area contributed by atoms with Crippen molar-refractivity contribution in [3.8, 4) is 46.0 Å². The van der Waals surface area contributed by atoms with E-state index >= 15 is 0 Å². The molecule has 8 aliphatic heterocycles. The minimum Gasteiger partial charge on any atom is -0.493 e. The van der Waals surface area contributed by atoms with Gasteiger partial charge >= 0.3 is 23.9 Å². The number of carbonyl (C=O) groups is 4. The first-order valence-corrected chi connectivity index (χ1v) is 35.5. The molecule has 0 aliphatic carbocycles. The maximum Gasteiger partial charge on any atom is 0.323 e. The predicted octanol–water partition coefficient (Wildman–Crippen LogP) is 14.3. The number of fused-ring (bicyclic) bond motifs is 12. The van der Waals surface area contributed by atoms with Crippen LogP contribution in [0.2, 0.25) is 0 Å². The summed E-state index contributed by atoms with van der Waals surface area (Å²) in [7, 11) is 0.790. The number of piperidine rings is 4. The van der Waals surface area contributed by atoms with Gasteiger partial charge in [0.2, 0.25) is 0 Å². The molecular formula is C96H152N8O16. The highest BCUT2D eigenvalue weighted by Gasteiger charge is 2.47. The van der Waals surface area contributed by atoms with Crippen molar-refractivity contribution in [2.45, 2.75) is 259 Å². The Morgan fingerprint density at radius 1 is 0.367 bits per heavy atom. The van der Waals surface area contributed by atoms with Crippen LogP contribution in [0.1, 0.15) is 349 Å². The normalized spacial score (nSPS) is 49.8. The van der Waals surface area contributed by atoms with Crippen LogP contribution in [0.5, 0.6) is 46.0 Å². The highest BCUT2D eigenvalue weighted by molar-refractivity contribution is 5.77. The average molecular weight is 1760 g/mol. The SMILES string of the molecule is [2H]C([2H])([2H])C([2H])(C)C([2H])([2H])C1([2H])C(OC(=O)[C@@]([2H])(N)C([2H])(C([2H])([2H])[2H])C([2H])([2H])[2H])C([2H])([2H])C2([2H])c3cc(OC)c(OC)cc3CCN2C1([2H])[2H].[2H]C([2H])([2H])C([2H])(C)C([2H])([2H])C1([2H])C([2H])([2H])N2CCc3cc(OC)c(OC)cc3C2([2H])C([2H])([2H])C1([2H])OC(=O)[C@@]([2H])(N)C([2H])(C([2H])([2H])[2H])C([2H])([2H])[2H].[2H]C([2H])([2H])Oc1cc2c(cc1OC)C1([2H])N(CC2)C([2H])([2H])C([2H])(C([2H])([2H])C([2H])(C)C([2H])([2H])[2H])C(OC(=O)[C@@]([2H])(N)C([2H])(C([2H])([2H])[2H])C([2H])([2H])[2H])C1([2H])[2H].[2H]C([2H])([2H])Oc1cc2c(cc1OC)C1([2H])N(CC2)C([2H])([2H])C([2H])(C([2H])([2H])C([2H])(C)C([2H])([2H])[2H])C(OC(=O)[C@@]([2H])(N)C([2H])(C([2H])([2H])[2H])C([2H])([2H])[2H])C1([2H])[2H]. The topological polar surface area (TPSA) is 296 Å². The Morgan fingerprint density at radius 2 is 0.600 bits per heavy atom. The maximum atomic E-state index is 13.9. The highest BCUT2D eigenvalue weighted by atomic mass is 16.6. The van der Waals surface area contributed by atoms with Gasteiger partial charge in [-0.15, -0.1) is 0 Å². The Labute approximate surface area is 840 Å². The molecule has 4 aromatic rings. The fraction of sp³-hybridized carbons (Fsp3) is 0.708. The zero-order valence-electron chi connectivity index (χ0n) is 153. The van der Waals surface area contributed by atoms with Gasteiger partial charge in [0.1, 0.15) is 48.5 Å². The van der Waals surface area contributed by atoms with E-state index in [1.807, 2.05) is 0 Å². The lowest BCUT2D eigenvalue weighted by Crippen LogP contribution is -2.51. The molecule has 16 unspecified atom stereocenters. The number of hydrogen-bond donors (Lipinski definition) is 4. The van der Waals surface area contributed by atoms with E-state index in [2.05, 4.69) is 0 Å². The molecule has 8 aliphatic rings. The molecule has 24 heteroatoms. The quantitative estimate of drug-likeness (QED) is 0.0303. The molecule has 12 rings (SSSR count). The van der Waals surface area contributed by atoms with Crippen LogP contribution >= 0.6 is 0 Å². The smallest absolute Gasteiger partial charge is 0.323 e. The summed E-state index contributed by atoms with van der Waals surface area (Å²) in [6.07, 6.45) is -48.9. The largest absolute Gasteiger partial charge is 0.493 e. The van der Waals surface area contributed by atoms with Crippen molar-refractivity contribution in [1.82, 2.24) is 19.6 Å². The van der Waals surface area contributed by atoms with Crippen LogP contribution in [0.3, 0.4) is 0 Å². The van der Waals surface area contributed by atoms with Crippen LogP contribution in [0.25, 0.3) is 0 Å². The lowest BCUT2D eigenvalue weighted by Gasteiger charge is -2.47. The molecule has 4 saturated heterocycles. The summed E-state index contributed by atoms with van der Waals surface area (Å²) in [5.74, 6) is -61.0. The maximum absolute atomic E-state index is 13.9. The summed E-state index contributed by atoms with van der Waals surface area (Å²) in [6, 6.07) is -21.8. The zero-order chi connectivity index (χ0) is 164. The molecule has 24 nitrogen and oxygen atoms in total. The van der Waals surface area contributed by atoms with Gasteiger partial charge in [-0.3, -0.25) is 38.8 Å². The van der Waals surface area contributed by atoms with Gasteiger partial charge in [0.15, 0.2) is 46.0 Å². The van der Waals surface area contributed by atoms with Gasteiger partial charge in [0.25, 0.3) is 0 Å². The average Bonchev–Trinajstić information content (AvgIpc) is 0.636. The number of benzene rings is 4. The fourth-order valence-electron chi connectivity index (χ4n) is 12.4. The molecule has 4 fully saturated rings. The number of hydrogen-bond acceptors (Lipinski definition) is 24. The summed E-state index contributed by atoms with van der Waals surface area (Å²) in [4.78, 5) is 56.7. The van der Waals surface area contributed by atoms with Gasteiger partial charge in [0.05, 0.1) is 77.3 Å². The molecule has 0 saturated carbocycles. The summed E-state index contributed by atoms with van der Waals surface area (Å²) in [5, 5.41) is 0. The minimum absolute atomic E-state index is 0.0494. The molecular weight excluding hydrogens is 1520 g/mol. The molecule has 120 heavy (non-hydrogen) atoms. The predicted molar refractivity (Wildman–Crippen MR) is 471 cm³/mol. The molecule has 0 amide bonds. The number of nitrogens with zero attached hydrogens (tertiary/aromatic N) is 4. The van der Waals surface area contributed by atoms with E-state index in [0.29, 0.717) is 42.4 Å². The Kier molecular flexibility index (Phi) is 12.0. The van der Waals surface area contributed by atoms with Crippen LogP contribution in [-0.2, 0) is 63.8 Å². The van der Waals surface area contributed by atoms with Gasteiger partial charge in [-0.25, -0.2) is 0 Å². The zero-order valence-corrected chi connectivity index (χ0v) is 66.1. The summed E-state index contributed by atoms with van der Waals surface area (Å²) in [5.41, 5.74) is 20.5. The van der Waals surface area contributed by atoms with Crippen molar-refractivity contribution in [1.29, 1.82) is 0 Å². The minimum atomic E-state index is -4.67. The second-order valence-corrected chi connectivity index (χ2v) is 26.1. The van der Waals surface area contributed by atoms with Crippen molar-refractivity contribution in [2.24, 2.45) is 93.7 Å². The highest BCUT2D eigenvalue weighted by Crippen LogP contribution is 2.50. The van der Waals surface area contributed by atoms with Gasteiger partial charge in [-0.05, 0) is 191 Å². The van der Waals surface area contributed by atoms with Gasteiger partial charge in [0, 0.05) is 224 Å². The lowest BCUT2D eigenvalue weighted by atomic mass is 9.79. The first-order chi connectivity index (χ1) is 90.6.